The summed E-state index contributed by atoms with van der Waals surface area (Å²) in [5.74, 6) is -0.588. The maximum Gasteiger partial charge on any atom is 0.306 e. The van der Waals surface area contributed by atoms with Crippen molar-refractivity contribution >= 4 is 11.9 Å². The van der Waals surface area contributed by atoms with E-state index in [2.05, 4.69) is 74.6 Å². The molecule has 1 atom stereocenters. The second kappa shape index (κ2) is 52.9. The van der Waals surface area contributed by atoms with Crippen LogP contribution in [0.1, 0.15) is 271 Å². The third kappa shape index (κ3) is 50.2. The first-order chi connectivity index (χ1) is 30.6. The Labute approximate surface area is 385 Å². The smallest absolute Gasteiger partial charge is 0.306 e. The molecule has 0 aliphatic rings. The predicted octanol–water partition coefficient (Wildman–Crippen LogP) is 17.9. The first kappa shape index (κ1) is 59.6. The van der Waals surface area contributed by atoms with E-state index in [4.69, 9.17) is 9.47 Å². The van der Waals surface area contributed by atoms with Gasteiger partial charge in [0.2, 0.25) is 0 Å². The van der Waals surface area contributed by atoms with Crippen molar-refractivity contribution in [3.63, 3.8) is 0 Å². The van der Waals surface area contributed by atoms with Crippen LogP contribution in [0.25, 0.3) is 0 Å². The minimum atomic E-state index is -0.776. The van der Waals surface area contributed by atoms with Crippen LogP contribution in [0.3, 0.4) is 0 Å². The number of esters is 2. The van der Waals surface area contributed by atoms with Crippen molar-refractivity contribution in [1.82, 2.24) is 0 Å². The van der Waals surface area contributed by atoms with Gasteiger partial charge in [0.25, 0.3) is 0 Å². The normalized spacial score (nSPS) is 12.6. The fourth-order valence-electron chi connectivity index (χ4n) is 7.78. The number of hydrogen-bond acceptors (Lipinski definition) is 5. The van der Waals surface area contributed by atoms with Crippen LogP contribution in [0, 0.1) is 0 Å². The van der Waals surface area contributed by atoms with Crippen molar-refractivity contribution in [1.29, 1.82) is 0 Å². The van der Waals surface area contributed by atoms with Gasteiger partial charge >= 0.3 is 11.9 Å². The highest BCUT2D eigenvalue weighted by Crippen LogP contribution is 2.16. The summed E-state index contributed by atoms with van der Waals surface area (Å²) >= 11 is 0. The number of allylic oxidation sites excluding steroid dienone is 10. The summed E-state index contributed by atoms with van der Waals surface area (Å²) < 4.78 is 10.7. The van der Waals surface area contributed by atoms with Crippen molar-refractivity contribution in [3.8, 4) is 0 Å². The lowest BCUT2D eigenvalue weighted by Gasteiger charge is -2.15. The molecule has 0 heterocycles. The van der Waals surface area contributed by atoms with Crippen molar-refractivity contribution in [3.05, 3.63) is 60.8 Å². The van der Waals surface area contributed by atoms with Gasteiger partial charge in [0.15, 0.2) is 6.10 Å². The topological polar surface area (TPSA) is 72.8 Å². The van der Waals surface area contributed by atoms with E-state index in [9.17, 15) is 14.7 Å². The summed E-state index contributed by atoms with van der Waals surface area (Å²) in [5, 5.41) is 9.64. The van der Waals surface area contributed by atoms with E-state index in [1.54, 1.807) is 0 Å². The lowest BCUT2D eigenvalue weighted by atomic mass is 10.0. The van der Waals surface area contributed by atoms with Gasteiger partial charge < -0.3 is 14.6 Å². The Balaban J connectivity index is 3.48. The van der Waals surface area contributed by atoms with E-state index in [0.717, 1.165) is 64.2 Å². The molecule has 0 fully saturated rings. The maximum absolute atomic E-state index is 12.3. The summed E-state index contributed by atoms with van der Waals surface area (Å²) in [7, 11) is 0. The number of unbranched alkanes of at least 4 members (excludes halogenated alkanes) is 31. The van der Waals surface area contributed by atoms with E-state index < -0.39 is 6.10 Å². The average Bonchev–Trinajstić information content (AvgIpc) is 3.28. The van der Waals surface area contributed by atoms with E-state index in [0.29, 0.717) is 12.8 Å². The Kier molecular flexibility index (Phi) is 50.9. The van der Waals surface area contributed by atoms with Gasteiger partial charge in [-0.3, -0.25) is 9.59 Å². The zero-order valence-electron chi connectivity index (χ0n) is 41.1. The van der Waals surface area contributed by atoms with Gasteiger partial charge in [-0.15, -0.1) is 0 Å². The van der Waals surface area contributed by atoms with Crippen LogP contribution in [0.5, 0.6) is 0 Å². The van der Waals surface area contributed by atoms with Crippen molar-refractivity contribution in [2.75, 3.05) is 13.2 Å². The van der Waals surface area contributed by atoms with Crippen LogP contribution < -0.4 is 0 Å². The second-order valence-corrected chi connectivity index (χ2v) is 17.9. The highest BCUT2D eigenvalue weighted by Gasteiger charge is 2.16. The Morgan fingerprint density at radius 2 is 0.694 bits per heavy atom. The number of rotatable bonds is 49. The molecule has 0 aliphatic carbocycles. The van der Waals surface area contributed by atoms with E-state index in [-0.39, 0.29) is 25.2 Å². The number of hydrogen-bond donors (Lipinski definition) is 1. The number of aliphatic hydroxyl groups is 1. The molecule has 360 valence electrons. The predicted molar refractivity (Wildman–Crippen MR) is 270 cm³/mol. The molecule has 0 amide bonds. The van der Waals surface area contributed by atoms with Crippen molar-refractivity contribution < 1.29 is 24.2 Å². The molecule has 1 unspecified atom stereocenters. The molecule has 1 N–H and O–H groups in total. The van der Waals surface area contributed by atoms with Crippen LogP contribution in [0.15, 0.2) is 60.8 Å². The molecule has 0 aromatic carbocycles. The van der Waals surface area contributed by atoms with Crippen LogP contribution in [0.2, 0.25) is 0 Å². The van der Waals surface area contributed by atoms with E-state index >= 15 is 0 Å². The molecule has 0 aliphatic heterocycles. The minimum Gasteiger partial charge on any atom is -0.462 e. The highest BCUT2D eigenvalue weighted by atomic mass is 16.6. The summed E-state index contributed by atoms with van der Waals surface area (Å²) in [5.41, 5.74) is 0. The van der Waals surface area contributed by atoms with E-state index in [1.807, 2.05) is 0 Å². The largest absolute Gasteiger partial charge is 0.462 e. The first-order valence-corrected chi connectivity index (χ1v) is 26.8. The monoisotopic (exact) mass is 867 g/mol. The number of ether oxygens (including phenoxy) is 2. The zero-order valence-corrected chi connectivity index (χ0v) is 41.1. The molecule has 0 rings (SSSR count). The SMILES string of the molecule is CC/C=C\C/C=C\C/C=C\C/C=C\CCCCCCCCCCCCC(=O)OC(CO)COC(=O)CCCCCCCCCCCCCCC/C=C\CCCCCCCCCC. The van der Waals surface area contributed by atoms with Gasteiger partial charge in [-0.1, -0.05) is 242 Å². The van der Waals surface area contributed by atoms with Gasteiger partial charge in [-0.2, -0.15) is 0 Å². The highest BCUT2D eigenvalue weighted by molar-refractivity contribution is 5.70. The fourth-order valence-corrected chi connectivity index (χ4v) is 7.78. The first-order valence-electron chi connectivity index (χ1n) is 26.8. The maximum atomic E-state index is 12.3. The van der Waals surface area contributed by atoms with Crippen LogP contribution in [-0.2, 0) is 19.1 Å². The third-order valence-corrected chi connectivity index (χ3v) is 11.8. The molecule has 0 bridgehead atoms. The molecule has 0 aromatic heterocycles. The Hall–Kier alpha value is -2.40. The average molecular weight is 867 g/mol. The van der Waals surface area contributed by atoms with Crippen LogP contribution in [-0.4, -0.2) is 36.4 Å². The van der Waals surface area contributed by atoms with Crippen molar-refractivity contribution in [2.24, 2.45) is 0 Å². The number of carbonyl (C=O) groups excluding carboxylic acids is 2. The Morgan fingerprint density at radius 1 is 0.387 bits per heavy atom. The van der Waals surface area contributed by atoms with Gasteiger partial charge in [0.1, 0.15) is 6.61 Å². The number of aliphatic hydroxyl groups excluding tert-OH is 1. The summed E-state index contributed by atoms with van der Waals surface area (Å²) in [6, 6.07) is 0. The van der Waals surface area contributed by atoms with Gasteiger partial charge in [-0.05, 0) is 77.0 Å². The summed E-state index contributed by atoms with van der Waals surface area (Å²) in [4.78, 5) is 24.5. The molecule has 0 saturated carbocycles. The molecular weight excluding hydrogens is 765 g/mol. The lowest BCUT2D eigenvalue weighted by molar-refractivity contribution is -0.161. The van der Waals surface area contributed by atoms with Gasteiger partial charge in [0.05, 0.1) is 6.61 Å². The zero-order chi connectivity index (χ0) is 44.9. The lowest BCUT2D eigenvalue weighted by Crippen LogP contribution is -2.28. The molecular formula is C57H102O5. The molecule has 0 spiro atoms. The summed E-state index contributed by atoms with van der Waals surface area (Å²) in [6.45, 7) is 4.05. The summed E-state index contributed by atoms with van der Waals surface area (Å²) in [6.07, 6.45) is 70.4. The van der Waals surface area contributed by atoms with E-state index in [1.165, 1.54) is 180 Å². The molecule has 5 heteroatoms. The molecule has 0 radical (unpaired) electrons. The molecule has 62 heavy (non-hydrogen) atoms. The molecule has 0 saturated heterocycles. The number of carbonyl (C=O) groups is 2. The fraction of sp³-hybridized carbons (Fsp3) is 0.789. The van der Waals surface area contributed by atoms with Gasteiger partial charge in [-0.25, -0.2) is 0 Å². The Morgan fingerprint density at radius 3 is 1.06 bits per heavy atom. The molecule has 5 nitrogen and oxygen atoms in total. The standard InChI is InChI=1S/C57H102O5/c1-3-5-7-9-11-13-15-17-19-21-23-25-27-28-30-31-33-35-37-39-41-43-45-47-49-51-56(59)61-54-55(53-58)62-57(60)52-50-48-46-44-42-40-38-36-34-32-29-26-24-22-20-18-16-14-12-10-8-6-4-2/h6,8,12,14,18,20-21,23-24,26,55,58H,3-5,7,9-11,13,15-17,19,22,25,27-54H2,1-2H3/b8-6-,14-12-,20-18-,23-21-,26-24-. The quantitative estimate of drug-likeness (QED) is 0.0375. The van der Waals surface area contributed by atoms with Crippen molar-refractivity contribution in [2.45, 2.75) is 277 Å². The second-order valence-electron chi connectivity index (χ2n) is 17.9. The van der Waals surface area contributed by atoms with Gasteiger partial charge in [0, 0.05) is 12.8 Å². The van der Waals surface area contributed by atoms with Crippen LogP contribution in [0.4, 0.5) is 0 Å². The Bertz CT molecular complexity index is 1070. The minimum absolute atomic E-state index is 0.0672. The molecule has 0 aromatic rings. The van der Waals surface area contributed by atoms with Crippen LogP contribution >= 0.6 is 0 Å². The third-order valence-electron chi connectivity index (χ3n) is 11.8.